The number of hydrogen-bond donors (Lipinski definition) is 1. The topological polar surface area (TPSA) is 112 Å². The van der Waals surface area contributed by atoms with Crippen molar-refractivity contribution < 1.29 is 14.6 Å². The number of aromatic hydroxyl groups is 1. The van der Waals surface area contributed by atoms with E-state index < -0.39 is 0 Å². The Balaban J connectivity index is 1.68. The average Bonchev–Trinajstić information content (AvgIpc) is 3.22. The first-order chi connectivity index (χ1) is 14.6. The number of ether oxygens (including phenoxy) is 1. The molecule has 30 heavy (non-hydrogen) atoms. The maximum atomic E-state index is 11.3. The molecule has 0 saturated heterocycles. The number of para-hydroxylation sites is 2. The number of esters is 1. The van der Waals surface area contributed by atoms with Crippen LogP contribution in [0.4, 0.5) is 5.69 Å². The molecule has 3 heterocycles. The van der Waals surface area contributed by atoms with Gasteiger partial charge in [0, 0.05) is 19.7 Å². The molecule has 0 aliphatic heterocycles. The van der Waals surface area contributed by atoms with Crippen LogP contribution in [-0.4, -0.2) is 36.8 Å². The van der Waals surface area contributed by atoms with E-state index >= 15 is 0 Å². The van der Waals surface area contributed by atoms with Gasteiger partial charge in [0.05, 0.1) is 29.6 Å². The van der Waals surface area contributed by atoms with Crippen LogP contribution >= 0.6 is 0 Å². The fraction of sp³-hybridized carbons (Fsp3) is 0.286. The van der Waals surface area contributed by atoms with Crippen molar-refractivity contribution in [2.24, 2.45) is 5.18 Å². The minimum atomic E-state index is -0.286. The van der Waals surface area contributed by atoms with Crippen molar-refractivity contribution in [2.45, 2.75) is 32.9 Å². The molecule has 0 aliphatic carbocycles. The molecule has 1 N–H and O–H groups in total. The zero-order valence-electron chi connectivity index (χ0n) is 16.5. The molecule has 3 aromatic heterocycles. The van der Waals surface area contributed by atoms with Gasteiger partial charge in [-0.2, -0.15) is 0 Å². The standard InChI is InChI=1S/C21H21N5O4/c1-14(27)30-12-5-4-11-25-17-9-3-2-8-16(17)23-18(25)13-26-20-15(7-6-10-22-20)19(24-29)21(26)28/h2-3,6-10,28H,4-5,11-13H2,1H3. The lowest BCUT2D eigenvalue weighted by molar-refractivity contribution is -0.141. The smallest absolute Gasteiger partial charge is 0.302 e. The van der Waals surface area contributed by atoms with Gasteiger partial charge in [0.2, 0.25) is 5.88 Å². The summed E-state index contributed by atoms with van der Waals surface area (Å²) in [4.78, 5) is 31.2. The molecule has 4 rings (SSSR count). The molecule has 0 saturated carbocycles. The zero-order chi connectivity index (χ0) is 21.1. The van der Waals surface area contributed by atoms with E-state index in [0.717, 1.165) is 29.7 Å². The Labute approximate surface area is 171 Å². The van der Waals surface area contributed by atoms with Crippen LogP contribution in [0, 0.1) is 4.91 Å². The predicted octanol–water partition coefficient (Wildman–Crippen LogP) is 3.88. The van der Waals surface area contributed by atoms with E-state index in [1.165, 1.54) is 6.92 Å². The molecule has 0 radical (unpaired) electrons. The maximum Gasteiger partial charge on any atom is 0.302 e. The second-order valence-electron chi connectivity index (χ2n) is 6.94. The summed E-state index contributed by atoms with van der Waals surface area (Å²) in [5.74, 6) is 0.206. The number of nitrogens with zero attached hydrogens (tertiary/aromatic N) is 5. The first-order valence-electron chi connectivity index (χ1n) is 9.67. The minimum absolute atomic E-state index is 0.0258. The highest BCUT2D eigenvalue weighted by molar-refractivity contribution is 5.92. The van der Waals surface area contributed by atoms with Crippen LogP contribution in [0.3, 0.4) is 0 Å². The van der Waals surface area contributed by atoms with Gasteiger partial charge in [-0.3, -0.25) is 9.36 Å². The molecule has 0 atom stereocenters. The molecular formula is C21H21N5O4. The Morgan fingerprint density at radius 3 is 2.80 bits per heavy atom. The Kier molecular flexibility index (Phi) is 5.42. The Hall–Kier alpha value is -3.75. The molecule has 0 spiro atoms. The molecule has 1 aromatic carbocycles. The number of imidazole rings is 1. The van der Waals surface area contributed by atoms with Crippen LogP contribution in [0.2, 0.25) is 0 Å². The van der Waals surface area contributed by atoms with E-state index in [1.54, 1.807) is 22.9 Å². The molecule has 0 amide bonds. The molecule has 0 aliphatic rings. The second-order valence-corrected chi connectivity index (χ2v) is 6.94. The molecule has 9 heteroatoms. The van der Waals surface area contributed by atoms with Crippen LogP contribution in [0.15, 0.2) is 47.8 Å². The highest BCUT2D eigenvalue weighted by Crippen LogP contribution is 2.37. The van der Waals surface area contributed by atoms with Crippen molar-refractivity contribution in [2.75, 3.05) is 6.61 Å². The normalized spacial score (nSPS) is 11.2. The molecule has 0 bridgehead atoms. The summed E-state index contributed by atoms with van der Waals surface area (Å²) < 4.78 is 8.62. The summed E-state index contributed by atoms with van der Waals surface area (Å²) in [6, 6.07) is 11.2. The third-order valence-electron chi connectivity index (χ3n) is 4.97. The van der Waals surface area contributed by atoms with Gasteiger partial charge in [-0.15, -0.1) is 4.91 Å². The number of aryl methyl sites for hydroxylation is 1. The summed E-state index contributed by atoms with van der Waals surface area (Å²) in [5.41, 5.74) is 2.25. The number of nitroso groups, excluding NO2 is 1. The van der Waals surface area contributed by atoms with Gasteiger partial charge in [-0.05, 0) is 42.3 Å². The molecule has 154 valence electrons. The van der Waals surface area contributed by atoms with Crippen molar-refractivity contribution in [1.29, 1.82) is 0 Å². The maximum absolute atomic E-state index is 11.3. The summed E-state index contributed by atoms with van der Waals surface area (Å²) in [5, 5.41) is 14.1. The second kappa shape index (κ2) is 8.32. The lowest BCUT2D eigenvalue weighted by Crippen LogP contribution is -2.10. The van der Waals surface area contributed by atoms with E-state index in [0.29, 0.717) is 24.2 Å². The summed E-state index contributed by atoms with van der Waals surface area (Å²) in [6.07, 6.45) is 3.12. The largest absolute Gasteiger partial charge is 0.493 e. The van der Waals surface area contributed by atoms with Crippen LogP contribution < -0.4 is 0 Å². The molecule has 0 fully saturated rings. The van der Waals surface area contributed by atoms with Crippen molar-refractivity contribution in [1.82, 2.24) is 19.1 Å². The van der Waals surface area contributed by atoms with E-state index in [2.05, 4.69) is 14.7 Å². The number of rotatable bonds is 8. The van der Waals surface area contributed by atoms with Gasteiger partial charge < -0.3 is 14.4 Å². The predicted molar refractivity (Wildman–Crippen MR) is 112 cm³/mol. The first kappa shape index (κ1) is 19.6. The van der Waals surface area contributed by atoms with Crippen molar-refractivity contribution in [3.63, 3.8) is 0 Å². The Morgan fingerprint density at radius 2 is 2.00 bits per heavy atom. The quantitative estimate of drug-likeness (QED) is 0.269. The van der Waals surface area contributed by atoms with Crippen LogP contribution in [-0.2, 0) is 22.6 Å². The van der Waals surface area contributed by atoms with Crippen LogP contribution in [0.1, 0.15) is 25.6 Å². The average molecular weight is 407 g/mol. The van der Waals surface area contributed by atoms with Gasteiger partial charge in [0.15, 0.2) is 5.69 Å². The first-order valence-corrected chi connectivity index (χ1v) is 9.67. The number of carbonyl (C=O) groups excluding carboxylic acids is 1. The zero-order valence-corrected chi connectivity index (χ0v) is 16.5. The number of unbranched alkanes of at least 4 members (excludes halogenated alkanes) is 1. The fourth-order valence-electron chi connectivity index (χ4n) is 3.61. The molecule has 9 nitrogen and oxygen atoms in total. The van der Waals surface area contributed by atoms with Gasteiger partial charge in [0.25, 0.3) is 0 Å². The third-order valence-corrected chi connectivity index (χ3v) is 4.97. The minimum Gasteiger partial charge on any atom is -0.493 e. The van der Waals surface area contributed by atoms with Crippen LogP contribution in [0.25, 0.3) is 22.1 Å². The fourth-order valence-corrected chi connectivity index (χ4v) is 3.61. The third kappa shape index (κ3) is 3.61. The lowest BCUT2D eigenvalue weighted by atomic mass is 10.3. The monoisotopic (exact) mass is 407 g/mol. The molecular weight excluding hydrogens is 386 g/mol. The van der Waals surface area contributed by atoms with Crippen LogP contribution in [0.5, 0.6) is 5.88 Å². The number of benzene rings is 1. The highest BCUT2D eigenvalue weighted by atomic mass is 16.5. The number of aromatic nitrogens is 4. The van der Waals surface area contributed by atoms with Gasteiger partial charge in [0.1, 0.15) is 11.5 Å². The van der Waals surface area contributed by atoms with Gasteiger partial charge in [-0.25, -0.2) is 9.97 Å². The van der Waals surface area contributed by atoms with E-state index in [-0.39, 0.29) is 24.1 Å². The Bertz CT molecular complexity index is 1230. The van der Waals surface area contributed by atoms with Gasteiger partial charge in [-0.1, -0.05) is 12.1 Å². The summed E-state index contributed by atoms with van der Waals surface area (Å²) in [7, 11) is 0. The van der Waals surface area contributed by atoms with E-state index in [9.17, 15) is 14.8 Å². The van der Waals surface area contributed by atoms with Crippen molar-refractivity contribution >= 4 is 33.7 Å². The van der Waals surface area contributed by atoms with Gasteiger partial charge >= 0.3 is 5.97 Å². The molecule has 0 unspecified atom stereocenters. The number of pyridine rings is 1. The summed E-state index contributed by atoms with van der Waals surface area (Å²) in [6.45, 7) is 2.67. The van der Waals surface area contributed by atoms with Crippen molar-refractivity contribution in [3.8, 4) is 5.88 Å². The van der Waals surface area contributed by atoms with E-state index in [4.69, 9.17) is 9.72 Å². The lowest BCUT2D eigenvalue weighted by Gasteiger charge is -2.11. The number of hydrogen-bond acceptors (Lipinski definition) is 7. The number of carbonyl (C=O) groups is 1. The Morgan fingerprint density at radius 1 is 1.17 bits per heavy atom. The number of fused-ring (bicyclic) bond motifs is 2. The summed E-state index contributed by atoms with van der Waals surface area (Å²) >= 11 is 0. The highest BCUT2D eigenvalue weighted by Gasteiger charge is 2.20. The SMILES string of the molecule is CC(=O)OCCCCn1c(Cn2c(O)c(N=O)c3cccnc32)nc2ccccc21. The van der Waals surface area contributed by atoms with E-state index in [1.807, 2.05) is 24.3 Å². The molecule has 4 aromatic rings. The van der Waals surface area contributed by atoms with Crippen molar-refractivity contribution in [3.05, 3.63) is 53.3 Å².